The molecule has 0 spiro atoms. The minimum absolute atomic E-state index is 0.0221. The number of anilines is 1. The van der Waals surface area contributed by atoms with E-state index in [4.69, 9.17) is 0 Å². The zero-order valence-corrected chi connectivity index (χ0v) is 8.92. The summed E-state index contributed by atoms with van der Waals surface area (Å²) in [4.78, 5) is 11.8. The first-order valence-electron chi connectivity index (χ1n) is 5.05. The maximum Gasteiger partial charge on any atom is 0.255 e. The molecular formula is C13H11NO3. The molecule has 86 valence electrons. The zero-order chi connectivity index (χ0) is 12.3. The monoisotopic (exact) mass is 229 g/mol. The van der Waals surface area contributed by atoms with E-state index in [0.717, 1.165) is 0 Å². The number of hydrogen-bond acceptors (Lipinski definition) is 3. The van der Waals surface area contributed by atoms with Crippen molar-refractivity contribution in [1.82, 2.24) is 0 Å². The highest BCUT2D eigenvalue weighted by molar-refractivity contribution is 6.05. The van der Waals surface area contributed by atoms with Crippen LogP contribution in [0.3, 0.4) is 0 Å². The molecule has 17 heavy (non-hydrogen) atoms. The van der Waals surface area contributed by atoms with Gasteiger partial charge in [0, 0.05) is 11.6 Å². The molecule has 2 rings (SSSR count). The number of rotatable bonds is 2. The summed E-state index contributed by atoms with van der Waals surface area (Å²) in [6.45, 7) is 0. The average Bonchev–Trinajstić information content (AvgIpc) is 2.35. The molecule has 3 N–H and O–H groups in total. The highest BCUT2D eigenvalue weighted by atomic mass is 16.3. The highest BCUT2D eigenvalue weighted by Gasteiger charge is 2.08. The van der Waals surface area contributed by atoms with Gasteiger partial charge in [-0.25, -0.2) is 0 Å². The molecule has 0 saturated carbocycles. The van der Waals surface area contributed by atoms with E-state index in [9.17, 15) is 15.0 Å². The lowest BCUT2D eigenvalue weighted by atomic mass is 10.2. The normalized spacial score (nSPS) is 9.88. The molecule has 4 nitrogen and oxygen atoms in total. The fourth-order valence-corrected chi connectivity index (χ4v) is 1.41. The summed E-state index contributed by atoms with van der Waals surface area (Å²) in [6, 6.07) is 12.6. The molecule has 0 aliphatic rings. The van der Waals surface area contributed by atoms with E-state index in [1.165, 1.54) is 18.2 Å². The van der Waals surface area contributed by atoms with Crippen LogP contribution in [-0.4, -0.2) is 16.1 Å². The number of carbonyl (C=O) groups is 1. The Labute approximate surface area is 98.2 Å². The van der Waals surface area contributed by atoms with E-state index >= 15 is 0 Å². The van der Waals surface area contributed by atoms with Gasteiger partial charge in [0.15, 0.2) is 0 Å². The second-order valence-electron chi connectivity index (χ2n) is 3.52. The van der Waals surface area contributed by atoms with Gasteiger partial charge >= 0.3 is 0 Å². The molecule has 0 fully saturated rings. The number of amides is 1. The number of phenolic OH excluding ortho intramolecular Hbond substituents is 2. The molecular weight excluding hydrogens is 218 g/mol. The Morgan fingerprint density at radius 2 is 1.71 bits per heavy atom. The summed E-state index contributed by atoms with van der Waals surface area (Å²) in [5.41, 5.74) is 0.661. The summed E-state index contributed by atoms with van der Waals surface area (Å²) in [6.07, 6.45) is 0. The van der Waals surface area contributed by atoms with Crippen molar-refractivity contribution in [2.45, 2.75) is 0 Å². The maximum absolute atomic E-state index is 11.8. The molecule has 0 bridgehead atoms. The van der Waals surface area contributed by atoms with Crippen LogP contribution in [0.5, 0.6) is 11.5 Å². The molecule has 0 aliphatic heterocycles. The fraction of sp³-hybridized carbons (Fsp3) is 0. The predicted octanol–water partition coefficient (Wildman–Crippen LogP) is 2.35. The zero-order valence-electron chi connectivity index (χ0n) is 8.92. The Hall–Kier alpha value is -2.49. The minimum Gasteiger partial charge on any atom is -0.508 e. The van der Waals surface area contributed by atoms with Crippen molar-refractivity contribution in [3.63, 3.8) is 0 Å². The number of carbonyl (C=O) groups excluding carboxylic acids is 1. The van der Waals surface area contributed by atoms with Gasteiger partial charge in [-0.05, 0) is 24.3 Å². The van der Waals surface area contributed by atoms with E-state index in [-0.39, 0.29) is 23.1 Å². The van der Waals surface area contributed by atoms with Crippen LogP contribution in [0.15, 0.2) is 48.5 Å². The van der Waals surface area contributed by atoms with Crippen LogP contribution in [0.25, 0.3) is 0 Å². The van der Waals surface area contributed by atoms with Crippen molar-refractivity contribution < 1.29 is 15.0 Å². The fourth-order valence-electron chi connectivity index (χ4n) is 1.41. The SMILES string of the molecule is O=C(Nc1cc(O)ccc1O)c1ccccc1. The van der Waals surface area contributed by atoms with E-state index in [2.05, 4.69) is 5.32 Å². The van der Waals surface area contributed by atoms with Gasteiger partial charge in [0.2, 0.25) is 0 Å². The van der Waals surface area contributed by atoms with Gasteiger partial charge in [-0.15, -0.1) is 0 Å². The van der Waals surface area contributed by atoms with Crippen LogP contribution in [-0.2, 0) is 0 Å². The molecule has 0 unspecified atom stereocenters. The largest absolute Gasteiger partial charge is 0.508 e. The van der Waals surface area contributed by atoms with Crippen LogP contribution >= 0.6 is 0 Å². The van der Waals surface area contributed by atoms with Crippen molar-refractivity contribution in [3.05, 3.63) is 54.1 Å². The van der Waals surface area contributed by atoms with Gasteiger partial charge in [-0.2, -0.15) is 0 Å². The number of nitrogens with one attached hydrogen (secondary N) is 1. The molecule has 2 aromatic rings. The Morgan fingerprint density at radius 1 is 1.00 bits per heavy atom. The summed E-state index contributed by atoms with van der Waals surface area (Å²) in [5, 5.41) is 21.3. The third-order valence-corrected chi connectivity index (χ3v) is 2.26. The van der Waals surface area contributed by atoms with Crippen molar-refractivity contribution in [2.75, 3.05) is 5.32 Å². The smallest absolute Gasteiger partial charge is 0.255 e. The molecule has 0 aromatic heterocycles. The predicted molar refractivity (Wildman–Crippen MR) is 64.2 cm³/mol. The Kier molecular flexibility index (Phi) is 2.96. The van der Waals surface area contributed by atoms with E-state index in [1.807, 2.05) is 6.07 Å². The Balaban J connectivity index is 2.22. The number of benzene rings is 2. The van der Waals surface area contributed by atoms with Gasteiger partial charge < -0.3 is 15.5 Å². The topological polar surface area (TPSA) is 69.6 Å². The highest BCUT2D eigenvalue weighted by Crippen LogP contribution is 2.27. The number of phenols is 2. The second-order valence-corrected chi connectivity index (χ2v) is 3.52. The lowest BCUT2D eigenvalue weighted by Gasteiger charge is -2.07. The molecule has 1 amide bonds. The van der Waals surface area contributed by atoms with E-state index in [1.54, 1.807) is 24.3 Å². The third-order valence-electron chi connectivity index (χ3n) is 2.26. The van der Waals surface area contributed by atoms with Crippen LogP contribution in [0.4, 0.5) is 5.69 Å². The lowest BCUT2D eigenvalue weighted by molar-refractivity contribution is 0.102. The first kappa shape index (κ1) is 11.0. The average molecular weight is 229 g/mol. The van der Waals surface area contributed by atoms with Gasteiger partial charge in [0.25, 0.3) is 5.91 Å². The molecule has 0 saturated heterocycles. The van der Waals surface area contributed by atoms with Crippen LogP contribution < -0.4 is 5.32 Å². The number of aromatic hydroxyl groups is 2. The number of hydrogen-bond donors (Lipinski definition) is 3. The molecule has 0 atom stereocenters. The maximum atomic E-state index is 11.8. The molecule has 0 aliphatic carbocycles. The van der Waals surface area contributed by atoms with Gasteiger partial charge in [-0.3, -0.25) is 4.79 Å². The first-order chi connectivity index (χ1) is 8.16. The van der Waals surface area contributed by atoms with Gasteiger partial charge in [0.05, 0.1) is 5.69 Å². The van der Waals surface area contributed by atoms with Crippen molar-refractivity contribution in [1.29, 1.82) is 0 Å². The van der Waals surface area contributed by atoms with Gasteiger partial charge in [0.1, 0.15) is 11.5 Å². The van der Waals surface area contributed by atoms with Crippen LogP contribution in [0, 0.1) is 0 Å². The summed E-state index contributed by atoms with van der Waals surface area (Å²) in [5.74, 6) is -0.454. The standard InChI is InChI=1S/C13H11NO3/c15-10-6-7-12(16)11(8-10)14-13(17)9-4-2-1-3-5-9/h1-8,15-16H,(H,14,17). The van der Waals surface area contributed by atoms with Crippen molar-refractivity contribution in [2.24, 2.45) is 0 Å². The summed E-state index contributed by atoms with van der Waals surface area (Å²) < 4.78 is 0. The molecule has 4 heteroatoms. The minimum atomic E-state index is -0.341. The van der Waals surface area contributed by atoms with Gasteiger partial charge in [-0.1, -0.05) is 18.2 Å². The molecule has 0 radical (unpaired) electrons. The Bertz CT molecular complexity index is 538. The first-order valence-corrected chi connectivity index (χ1v) is 5.05. The third kappa shape index (κ3) is 2.55. The Morgan fingerprint density at radius 3 is 2.41 bits per heavy atom. The molecule has 0 heterocycles. The van der Waals surface area contributed by atoms with E-state index < -0.39 is 0 Å². The lowest BCUT2D eigenvalue weighted by Crippen LogP contribution is -2.11. The van der Waals surface area contributed by atoms with Crippen molar-refractivity contribution in [3.8, 4) is 11.5 Å². The summed E-state index contributed by atoms with van der Waals surface area (Å²) >= 11 is 0. The summed E-state index contributed by atoms with van der Waals surface area (Å²) in [7, 11) is 0. The van der Waals surface area contributed by atoms with E-state index in [0.29, 0.717) is 5.56 Å². The molecule has 2 aromatic carbocycles. The quantitative estimate of drug-likeness (QED) is 0.547. The van der Waals surface area contributed by atoms with Crippen molar-refractivity contribution >= 4 is 11.6 Å². The second kappa shape index (κ2) is 4.57. The van der Waals surface area contributed by atoms with Crippen LogP contribution in [0.1, 0.15) is 10.4 Å². The van der Waals surface area contributed by atoms with Crippen LogP contribution in [0.2, 0.25) is 0 Å².